The molecule has 6 aromatic rings. The summed E-state index contributed by atoms with van der Waals surface area (Å²) >= 11 is 2.43. The van der Waals surface area contributed by atoms with Crippen LogP contribution in [0.3, 0.4) is 0 Å². The van der Waals surface area contributed by atoms with Crippen LogP contribution in [0.5, 0.6) is 0 Å². The van der Waals surface area contributed by atoms with Gasteiger partial charge in [-0.2, -0.15) is 8.75 Å². The molecule has 10 nitrogen and oxygen atoms in total. The highest BCUT2D eigenvalue weighted by Crippen LogP contribution is 2.18. The molecule has 4 heterocycles. The van der Waals surface area contributed by atoms with E-state index in [1.54, 1.807) is 38.1 Å². The van der Waals surface area contributed by atoms with Crippen molar-refractivity contribution in [1.29, 1.82) is 0 Å². The van der Waals surface area contributed by atoms with Gasteiger partial charge in [0.2, 0.25) is 10.9 Å². The molecule has 0 aliphatic carbocycles. The first-order valence-corrected chi connectivity index (χ1v) is 15.6. The molecule has 0 spiro atoms. The van der Waals surface area contributed by atoms with Gasteiger partial charge < -0.3 is 20.6 Å². The van der Waals surface area contributed by atoms with E-state index in [2.05, 4.69) is 29.3 Å². The predicted octanol–water partition coefficient (Wildman–Crippen LogP) is 8.42. The number of aromatic nitrogens is 4. The Kier molecular flexibility index (Phi) is 15.9. The van der Waals surface area contributed by atoms with Crippen molar-refractivity contribution < 1.29 is 9.59 Å². The lowest BCUT2D eigenvalue weighted by molar-refractivity contribution is 0.101. The van der Waals surface area contributed by atoms with Crippen LogP contribution >= 0.6 is 23.1 Å². The summed E-state index contributed by atoms with van der Waals surface area (Å²) in [6.45, 7) is 11.5. The molecule has 4 N–H and O–H groups in total. The molecule has 0 saturated carbocycles. The second kappa shape index (κ2) is 18.8. The molecular formula is C34H42N6O4S2. The maximum Gasteiger partial charge on any atom is 0.261 e. The molecule has 0 unspecified atom stereocenters. The molecule has 6 rings (SSSR count). The average Bonchev–Trinajstić information content (AvgIpc) is 3.63. The molecule has 0 saturated heterocycles. The fourth-order valence-electron chi connectivity index (χ4n) is 3.92. The summed E-state index contributed by atoms with van der Waals surface area (Å²) in [5.41, 5.74) is 2.17. The van der Waals surface area contributed by atoms with E-state index in [4.69, 9.17) is 0 Å². The second-order valence-corrected chi connectivity index (χ2v) is 10.2. The first-order chi connectivity index (χ1) is 21.3. The number of hydrogen-bond donors (Lipinski definition) is 4. The van der Waals surface area contributed by atoms with Crippen LogP contribution in [0, 0.1) is 13.8 Å². The van der Waals surface area contributed by atoms with Gasteiger partial charge in [-0.3, -0.25) is 19.2 Å². The second-order valence-electron chi connectivity index (χ2n) is 8.65. The summed E-state index contributed by atoms with van der Waals surface area (Å²) in [6.07, 6.45) is 2.86. The lowest BCUT2D eigenvalue weighted by Gasteiger charge is -2.04. The Labute approximate surface area is 277 Å². The summed E-state index contributed by atoms with van der Waals surface area (Å²) < 4.78 is 8.24. The maximum atomic E-state index is 12.3. The zero-order valence-corrected chi connectivity index (χ0v) is 26.9. The Hall–Kier alpha value is -4.94. The van der Waals surface area contributed by atoms with Crippen molar-refractivity contribution in [3.05, 3.63) is 116 Å². The normalized spacial score (nSPS) is 9.52. The highest BCUT2D eigenvalue weighted by atomic mass is 32.1. The molecule has 0 radical (unpaired) electrons. The maximum absolute atomic E-state index is 12.3. The summed E-state index contributed by atoms with van der Waals surface area (Å²) in [5, 5.41) is 6.36. The minimum absolute atomic E-state index is 0. The van der Waals surface area contributed by atoms with Crippen molar-refractivity contribution in [3.63, 3.8) is 0 Å². The molecule has 0 bridgehead atoms. The monoisotopic (exact) mass is 662 g/mol. The fourth-order valence-corrected chi connectivity index (χ4v) is 5.45. The third-order valence-electron chi connectivity index (χ3n) is 5.92. The van der Waals surface area contributed by atoms with E-state index in [0.29, 0.717) is 43.2 Å². The first-order valence-electron chi connectivity index (χ1n) is 14.0. The van der Waals surface area contributed by atoms with Gasteiger partial charge in [0.15, 0.2) is 0 Å². The van der Waals surface area contributed by atoms with Crippen LogP contribution < -0.4 is 21.5 Å². The Balaban J connectivity index is 0.000000400. The Morgan fingerprint density at radius 2 is 0.935 bits per heavy atom. The van der Waals surface area contributed by atoms with E-state index < -0.39 is 11.8 Å². The van der Waals surface area contributed by atoms with Crippen LogP contribution in [-0.4, -0.2) is 30.5 Å². The van der Waals surface area contributed by atoms with Crippen molar-refractivity contribution in [3.8, 4) is 0 Å². The van der Waals surface area contributed by atoms with Crippen LogP contribution in [-0.2, 0) is 0 Å². The topological polar surface area (TPSA) is 150 Å². The SMILES string of the molecule is C.C.CC.CC.Cc1nsc2[nH]cc(C(=O)Nc3ccccc3)c(=O)c12.Cc1nsc2[nH]cc(C(=O)Nc3ccccc3)c(=O)c12. The number of carbonyl (C=O) groups is 2. The number of carbonyl (C=O) groups excluding carboxylic acids is 2. The number of nitrogens with one attached hydrogen (secondary N) is 4. The first kappa shape index (κ1) is 39.1. The van der Waals surface area contributed by atoms with Crippen LogP contribution in [0.25, 0.3) is 20.4 Å². The highest BCUT2D eigenvalue weighted by molar-refractivity contribution is 7.13. The summed E-state index contributed by atoms with van der Waals surface area (Å²) in [6, 6.07) is 18.0. The van der Waals surface area contributed by atoms with Gasteiger partial charge in [-0.15, -0.1) is 0 Å². The fraction of sp³-hybridized carbons (Fsp3) is 0.235. The third kappa shape index (κ3) is 9.05. The van der Waals surface area contributed by atoms with Gasteiger partial charge in [-0.05, 0) is 61.2 Å². The number of aryl methyl sites for hydroxylation is 2. The van der Waals surface area contributed by atoms with Crippen molar-refractivity contribution in [2.24, 2.45) is 0 Å². The Morgan fingerprint density at radius 1 is 0.609 bits per heavy atom. The summed E-state index contributed by atoms with van der Waals surface area (Å²) in [7, 11) is 0. The number of rotatable bonds is 4. The molecule has 0 atom stereocenters. The van der Waals surface area contributed by atoms with Gasteiger partial charge in [-0.25, -0.2) is 0 Å². The Morgan fingerprint density at radius 3 is 1.26 bits per heavy atom. The number of amides is 2. The van der Waals surface area contributed by atoms with Crippen molar-refractivity contribution in [2.45, 2.75) is 56.4 Å². The van der Waals surface area contributed by atoms with Crippen molar-refractivity contribution >= 4 is 66.7 Å². The lowest BCUT2D eigenvalue weighted by Crippen LogP contribution is -2.21. The van der Waals surface area contributed by atoms with Gasteiger partial charge >= 0.3 is 0 Å². The average molecular weight is 663 g/mol. The lowest BCUT2D eigenvalue weighted by atomic mass is 10.2. The van der Waals surface area contributed by atoms with E-state index in [1.165, 1.54) is 35.5 Å². The van der Waals surface area contributed by atoms with Gasteiger partial charge in [0.1, 0.15) is 20.8 Å². The quantitative estimate of drug-likeness (QED) is 0.149. The van der Waals surface area contributed by atoms with Gasteiger partial charge in [-0.1, -0.05) is 78.9 Å². The van der Waals surface area contributed by atoms with Crippen LogP contribution in [0.4, 0.5) is 11.4 Å². The molecule has 0 fully saturated rings. The largest absolute Gasteiger partial charge is 0.351 e. The highest BCUT2D eigenvalue weighted by Gasteiger charge is 2.17. The standard InChI is InChI=1S/2C14H11N3O2S.2C2H6.2CH4/c2*1-8-11-12(18)10(7-15-14(11)20-17-8)13(19)16-9-5-3-2-4-6-9;2*1-2;;/h2*2-7H,1H3,(H,15,18)(H,16,19);2*1-2H3;2*1H4. The van der Waals surface area contributed by atoms with Crippen LogP contribution in [0.1, 0.15) is 74.7 Å². The number of nitrogens with zero attached hydrogens (tertiary/aromatic N) is 2. The molecule has 0 aliphatic rings. The predicted molar refractivity (Wildman–Crippen MR) is 195 cm³/mol. The minimum Gasteiger partial charge on any atom is -0.351 e. The molecule has 2 amide bonds. The number of benzene rings is 2. The third-order valence-corrected chi connectivity index (χ3v) is 7.66. The minimum atomic E-state index is -0.426. The molecule has 4 aromatic heterocycles. The molecule has 0 aliphatic heterocycles. The smallest absolute Gasteiger partial charge is 0.261 e. The molecule has 12 heteroatoms. The zero-order valence-electron chi connectivity index (χ0n) is 25.3. The van der Waals surface area contributed by atoms with E-state index in [1.807, 2.05) is 64.1 Å². The van der Waals surface area contributed by atoms with Gasteiger partial charge in [0.25, 0.3) is 11.8 Å². The molecule has 244 valence electrons. The Bertz CT molecular complexity index is 1820. The number of pyridine rings is 2. The number of anilines is 2. The van der Waals surface area contributed by atoms with E-state index in [9.17, 15) is 19.2 Å². The number of fused-ring (bicyclic) bond motifs is 2. The van der Waals surface area contributed by atoms with Crippen molar-refractivity contribution in [2.75, 3.05) is 10.6 Å². The van der Waals surface area contributed by atoms with E-state index in [-0.39, 0.29) is 36.8 Å². The number of H-pyrrole nitrogens is 2. The van der Waals surface area contributed by atoms with E-state index >= 15 is 0 Å². The zero-order chi connectivity index (χ0) is 32.2. The molecule has 46 heavy (non-hydrogen) atoms. The van der Waals surface area contributed by atoms with Crippen molar-refractivity contribution in [1.82, 2.24) is 18.7 Å². The number of hydrogen-bond acceptors (Lipinski definition) is 8. The molecule has 2 aromatic carbocycles. The van der Waals surface area contributed by atoms with Gasteiger partial charge in [0.05, 0.1) is 22.2 Å². The molecular weight excluding hydrogens is 621 g/mol. The summed E-state index contributed by atoms with van der Waals surface area (Å²) in [4.78, 5) is 56.2. The van der Waals surface area contributed by atoms with Gasteiger partial charge in [0, 0.05) is 23.8 Å². The number of para-hydroxylation sites is 2. The number of aromatic amines is 2. The van der Waals surface area contributed by atoms with Crippen LogP contribution in [0.15, 0.2) is 82.6 Å². The van der Waals surface area contributed by atoms with Crippen LogP contribution in [0.2, 0.25) is 0 Å². The summed E-state index contributed by atoms with van der Waals surface area (Å²) in [5.74, 6) is -0.852. The van der Waals surface area contributed by atoms with E-state index in [0.717, 1.165) is 0 Å².